The number of hydrogen-bond acceptors (Lipinski definition) is 2. The summed E-state index contributed by atoms with van der Waals surface area (Å²) < 4.78 is 1.01. The van der Waals surface area contributed by atoms with Crippen molar-refractivity contribution in [1.82, 2.24) is 10.2 Å². The topological polar surface area (TPSA) is 44.4 Å². The fourth-order valence-corrected chi connectivity index (χ4v) is 4.11. The molecule has 3 aliphatic rings. The van der Waals surface area contributed by atoms with Gasteiger partial charge >= 0.3 is 6.03 Å². The van der Waals surface area contributed by atoms with Gasteiger partial charge in [0.25, 0.3) is 0 Å². The molecular formula is C17H24BrN3O. The van der Waals surface area contributed by atoms with E-state index in [1.54, 1.807) is 0 Å². The second-order valence-corrected chi connectivity index (χ2v) is 7.36. The molecule has 0 aliphatic carbocycles. The molecule has 2 bridgehead atoms. The summed E-state index contributed by atoms with van der Waals surface area (Å²) in [5.41, 5.74) is 0.817. The average molecular weight is 366 g/mol. The summed E-state index contributed by atoms with van der Waals surface area (Å²) in [5.74, 6) is 1.72. The lowest BCUT2D eigenvalue weighted by Gasteiger charge is -2.49. The van der Waals surface area contributed by atoms with E-state index in [9.17, 15) is 4.79 Å². The van der Waals surface area contributed by atoms with Crippen LogP contribution in [0.1, 0.15) is 26.2 Å². The first-order valence-corrected chi connectivity index (χ1v) is 8.99. The number of hydrogen-bond donors (Lipinski definition) is 2. The summed E-state index contributed by atoms with van der Waals surface area (Å²) in [4.78, 5) is 14.6. The van der Waals surface area contributed by atoms with Crippen LogP contribution in [0.2, 0.25) is 0 Å². The second kappa shape index (κ2) is 7.01. The van der Waals surface area contributed by atoms with Gasteiger partial charge in [0.05, 0.1) is 0 Å². The van der Waals surface area contributed by atoms with E-state index in [0.717, 1.165) is 28.5 Å². The molecule has 0 radical (unpaired) electrons. The third-order valence-corrected chi connectivity index (χ3v) is 5.67. The molecule has 1 aromatic carbocycles. The van der Waals surface area contributed by atoms with Crippen LogP contribution >= 0.6 is 15.9 Å². The monoisotopic (exact) mass is 365 g/mol. The smallest absolute Gasteiger partial charge is 0.319 e. The minimum atomic E-state index is -0.114. The van der Waals surface area contributed by atoms with E-state index in [4.69, 9.17) is 0 Å². The Kier molecular flexibility index (Phi) is 5.03. The zero-order valence-corrected chi connectivity index (χ0v) is 14.6. The van der Waals surface area contributed by atoms with Crippen molar-refractivity contribution >= 4 is 27.6 Å². The number of urea groups is 1. The number of anilines is 1. The van der Waals surface area contributed by atoms with Crippen molar-refractivity contribution in [2.75, 3.05) is 25.0 Å². The van der Waals surface area contributed by atoms with E-state index < -0.39 is 0 Å². The molecule has 4 rings (SSSR count). The lowest BCUT2D eigenvalue weighted by atomic mass is 9.74. The molecule has 1 unspecified atom stereocenters. The van der Waals surface area contributed by atoms with Gasteiger partial charge in [0.1, 0.15) is 0 Å². The minimum Gasteiger partial charge on any atom is -0.336 e. The summed E-state index contributed by atoms with van der Waals surface area (Å²) in [6.45, 7) is 5.45. The van der Waals surface area contributed by atoms with Crippen LogP contribution in [0, 0.1) is 11.8 Å². The first-order valence-electron chi connectivity index (χ1n) is 8.20. The number of amides is 2. The molecule has 1 aromatic rings. The van der Waals surface area contributed by atoms with Crippen molar-refractivity contribution in [3.8, 4) is 0 Å². The zero-order chi connectivity index (χ0) is 15.5. The van der Waals surface area contributed by atoms with Crippen molar-refractivity contribution in [3.63, 3.8) is 0 Å². The van der Waals surface area contributed by atoms with Gasteiger partial charge in [0, 0.05) is 29.3 Å². The SMILES string of the molecule is CC[C@H]1CN2CC[C@H]1C[C@@H]2CNC(=O)Nc1ccc(Br)cc1. The van der Waals surface area contributed by atoms with Crippen LogP contribution in [-0.2, 0) is 0 Å². The summed E-state index contributed by atoms with van der Waals surface area (Å²) in [7, 11) is 0. The van der Waals surface area contributed by atoms with E-state index in [1.807, 2.05) is 24.3 Å². The number of nitrogens with one attached hydrogen (secondary N) is 2. The molecule has 0 spiro atoms. The van der Waals surface area contributed by atoms with Gasteiger partial charge < -0.3 is 10.6 Å². The van der Waals surface area contributed by atoms with Crippen LogP contribution in [0.15, 0.2) is 28.7 Å². The lowest BCUT2D eigenvalue weighted by molar-refractivity contribution is 0.00159. The Labute approximate surface area is 140 Å². The predicted molar refractivity (Wildman–Crippen MR) is 93.0 cm³/mol. The van der Waals surface area contributed by atoms with Gasteiger partial charge in [-0.2, -0.15) is 0 Å². The second-order valence-electron chi connectivity index (χ2n) is 6.44. The van der Waals surface area contributed by atoms with Crippen LogP contribution in [0.5, 0.6) is 0 Å². The largest absolute Gasteiger partial charge is 0.336 e. The first-order chi connectivity index (χ1) is 10.7. The van der Waals surface area contributed by atoms with E-state index in [1.165, 1.54) is 32.4 Å². The number of piperidine rings is 3. The fraction of sp³-hybridized carbons (Fsp3) is 0.588. The molecule has 22 heavy (non-hydrogen) atoms. The van der Waals surface area contributed by atoms with E-state index in [-0.39, 0.29) is 6.03 Å². The van der Waals surface area contributed by atoms with E-state index in [2.05, 4.69) is 38.4 Å². The van der Waals surface area contributed by atoms with Crippen LogP contribution in [0.4, 0.5) is 10.5 Å². The van der Waals surface area contributed by atoms with Crippen LogP contribution in [-0.4, -0.2) is 36.6 Å². The summed E-state index contributed by atoms with van der Waals surface area (Å²) in [6.07, 6.45) is 3.85. The van der Waals surface area contributed by atoms with Crippen molar-refractivity contribution in [1.29, 1.82) is 0 Å². The summed E-state index contributed by atoms with van der Waals surface area (Å²) in [5, 5.41) is 5.91. The summed E-state index contributed by atoms with van der Waals surface area (Å²) in [6, 6.07) is 8.02. The van der Waals surface area contributed by atoms with Crippen LogP contribution in [0.25, 0.3) is 0 Å². The third kappa shape index (κ3) is 3.63. The molecule has 3 heterocycles. The number of halogens is 1. The molecule has 3 aliphatic heterocycles. The number of benzene rings is 1. The molecule has 120 valence electrons. The molecule has 5 heteroatoms. The Bertz CT molecular complexity index is 519. The van der Waals surface area contributed by atoms with Gasteiger partial charge in [-0.15, -0.1) is 0 Å². The maximum absolute atomic E-state index is 12.0. The highest BCUT2D eigenvalue weighted by molar-refractivity contribution is 9.10. The Morgan fingerprint density at radius 3 is 2.77 bits per heavy atom. The Hall–Kier alpha value is -1.07. The maximum Gasteiger partial charge on any atom is 0.319 e. The number of nitrogens with zero attached hydrogens (tertiary/aromatic N) is 1. The highest BCUT2D eigenvalue weighted by atomic mass is 79.9. The first kappa shape index (κ1) is 15.8. The van der Waals surface area contributed by atoms with Crippen LogP contribution in [0.3, 0.4) is 0 Å². The van der Waals surface area contributed by atoms with E-state index in [0.29, 0.717) is 6.04 Å². The van der Waals surface area contributed by atoms with Gasteiger partial charge in [-0.05, 0) is 55.5 Å². The molecule has 4 nitrogen and oxygen atoms in total. The molecular weight excluding hydrogens is 342 g/mol. The number of carbonyl (C=O) groups excluding carboxylic acids is 1. The third-order valence-electron chi connectivity index (χ3n) is 5.14. The zero-order valence-electron chi connectivity index (χ0n) is 13.0. The molecule has 2 N–H and O–H groups in total. The number of fused-ring (bicyclic) bond motifs is 3. The molecule has 3 fully saturated rings. The van der Waals surface area contributed by atoms with Gasteiger partial charge in [-0.25, -0.2) is 4.79 Å². The van der Waals surface area contributed by atoms with Crippen molar-refractivity contribution in [2.24, 2.45) is 11.8 Å². The fourth-order valence-electron chi connectivity index (χ4n) is 3.84. The highest BCUT2D eigenvalue weighted by Gasteiger charge is 2.38. The molecule has 2 amide bonds. The van der Waals surface area contributed by atoms with Crippen molar-refractivity contribution in [3.05, 3.63) is 28.7 Å². The summed E-state index contributed by atoms with van der Waals surface area (Å²) >= 11 is 3.39. The van der Waals surface area contributed by atoms with E-state index >= 15 is 0 Å². The Morgan fingerprint density at radius 1 is 1.36 bits per heavy atom. The average Bonchev–Trinajstić information content (AvgIpc) is 2.55. The standard InChI is InChI=1S/C17H24BrN3O/c1-2-12-11-21-8-7-13(12)9-16(21)10-19-17(22)20-15-5-3-14(18)4-6-15/h3-6,12-13,16H,2,7-11H2,1H3,(H2,19,20,22)/t12-,13-,16+/m0/s1. The normalized spacial score (nSPS) is 30.1. The molecule has 3 saturated heterocycles. The van der Waals surface area contributed by atoms with Gasteiger partial charge in [0.2, 0.25) is 0 Å². The number of carbonyl (C=O) groups is 1. The Balaban J connectivity index is 1.47. The Morgan fingerprint density at radius 2 is 2.14 bits per heavy atom. The quantitative estimate of drug-likeness (QED) is 0.854. The predicted octanol–water partition coefficient (Wildman–Crippen LogP) is 3.69. The highest BCUT2D eigenvalue weighted by Crippen LogP contribution is 2.37. The van der Waals surface area contributed by atoms with Crippen molar-refractivity contribution < 1.29 is 4.79 Å². The lowest BCUT2D eigenvalue weighted by Crippen LogP contribution is -2.56. The number of rotatable bonds is 4. The van der Waals surface area contributed by atoms with Gasteiger partial charge in [0.15, 0.2) is 0 Å². The van der Waals surface area contributed by atoms with Gasteiger partial charge in [-0.3, -0.25) is 4.90 Å². The van der Waals surface area contributed by atoms with Crippen molar-refractivity contribution in [2.45, 2.75) is 32.2 Å². The molecule has 0 aromatic heterocycles. The molecule has 4 atom stereocenters. The van der Waals surface area contributed by atoms with Gasteiger partial charge in [-0.1, -0.05) is 29.3 Å². The minimum absolute atomic E-state index is 0.114. The molecule has 0 saturated carbocycles. The maximum atomic E-state index is 12.0. The van der Waals surface area contributed by atoms with Crippen LogP contribution < -0.4 is 10.6 Å².